The number of piperidine rings is 1. The normalized spacial score (nSPS) is 17.3. The van der Waals surface area contributed by atoms with Crippen LogP contribution >= 0.6 is 0 Å². The Kier molecular flexibility index (Phi) is 7.49. The Balaban J connectivity index is 1.34. The lowest BCUT2D eigenvalue weighted by Crippen LogP contribution is -2.50. The zero-order chi connectivity index (χ0) is 20.6. The van der Waals surface area contributed by atoms with Gasteiger partial charge in [-0.15, -0.1) is 0 Å². The molecule has 0 saturated carbocycles. The second-order valence-electron chi connectivity index (χ2n) is 7.91. The molecule has 7 nitrogen and oxygen atoms in total. The van der Waals surface area contributed by atoms with E-state index in [1.807, 2.05) is 34.1 Å². The van der Waals surface area contributed by atoms with E-state index < -0.39 is 0 Å². The van der Waals surface area contributed by atoms with Crippen LogP contribution < -0.4 is 10.6 Å². The number of carbonyl (C=O) groups excluding carboxylic acids is 3. The third-order valence-electron chi connectivity index (χ3n) is 5.71. The number of aryl methyl sites for hydroxylation is 1. The number of amides is 4. The van der Waals surface area contributed by atoms with Gasteiger partial charge in [0.2, 0.25) is 11.8 Å². The molecule has 29 heavy (non-hydrogen) atoms. The summed E-state index contributed by atoms with van der Waals surface area (Å²) in [5.41, 5.74) is 1.93. The molecule has 0 unspecified atom stereocenters. The molecule has 2 aliphatic heterocycles. The quantitative estimate of drug-likeness (QED) is 0.770. The molecule has 0 aliphatic carbocycles. The molecule has 3 rings (SSSR count). The van der Waals surface area contributed by atoms with Gasteiger partial charge in [-0.05, 0) is 49.8 Å². The van der Waals surface area contributed by atoms with Crippen LogP contribution in [0.5, 0.6) is 0 Å². The first-order valence-electron chi connectivity index (χ1n) is 10.8. The van der Waals surface area contributed by atoms with Crippen molar-refractivity contribution in [2.24, 2.45) is 0 Å². The highest BCUT2D eigenvalue weighted by Gasteiger charge is 2.28. The van der Waals surface area contributed by atoms with E-state index in [1.54, 1.807) is 0 Å². The number of rotatable bonds is 6. The summed E-state index contributed by atoms with van der Waals surface area (Å²) < 4.78 is 0. The minimum absolute atomic E-state index is 0.0782. The zero-order valence-electron chi connectivity index (χ0n) is 17.3. The number of carbonyl (C=O) groups is 3. The van der Waals surface area contributed by atoms with Gasteiger partial charge in [0, 0.05) is 50.7 Å². The standard InChI is InChI=1S/C22H32N4O3/c1-2-17-6-5-7-19(16-17)24-21(28)9-8-20(27)23-18-10-14-26(15-11-18)22(29)25-12-3-4-13-25/h5-7,16,18H,2-4,8-15H2,1H3,(H,23,27)(H,24,28). The Morgan fingerprint density at radius 3 is 2.31 bits per heavy atom. The topological polar surface area (TPSA) is 81.8 Å². The van der Waals surface area contributed by atoms with Gasteiger partial charge in [0.1, 0.15) is 0 Å². The van der Waals surface area contributed by atoms with Crippen molar-refractivity contribution in [3.8, 4) is 0 Å². The average Bonchev–Trinajstić information content (AvgIpc) is 3.27. The van der Waals surface area contributed by atoms with Crippen molar-refractivity contribution in [2.45, 2.75) is 57.9 Å². The zero-order valence-corrected chi connectivity index (χ0v) is 17.3. The summed E-state index contributed by atoms with van der Waals surface area (Å²) in [5, 5.41) is 5.87. The van der Waals surface area contributed by atoms with Crippen molar-refractivity contribution < 1.29 is 14.4 Å². The van der Waals surface area contributed by atoms with Gasteiger partial charge in [-0.2, -0.15) is 0 Å². The summed E-state index contributed by atoms with van der Waals surface area (Å²) in [6.07, 6.45) is 4.96. The number of hydrogen-bond acceptors (Lipinski definition) is 3. The number of hydrogen-bond donors (Lipinski definition) is 2. The van der Waals surface area contributed by atoms with Crippen LogP contribution in [0.15, 0.2) is 24.3 Å². The molecule has 2 heterocycles. The minimum Gasteiger partial charge on any atom is -0.353 e. The maximum absolute atomic E-state index is 12.4. The Bertz CT molecular complexity index is 723. The lowest BCUT2D eigenvalue weighted by Gasteiger charge is -2.34. The van der Waals surface area contributed by atoms with Crippen LogP contribution in [0, 0.1) is 0 Å². The van der Waals surface area contributed by atoms with E-state index in [0.29, 0.717) is 13.1 Å². The van der Waals surface area contributed by atoms with Crippen LogP contribution in [0.1, 0.15) is 51.0 Å². The molecule has 158 valence electrons. The first-order valence-corrected chi connectivity index (χ1v) is 10.8. The van der Waals surface area contributed by atoms with Gasteiger partial charge in [-0.25, -0.2) is 4.79 Å². The Labute approximate surface area is 172 Å². The molecule has 2 N–H and O–H groups in total. The second kappa shape index (κ2) is 10.3. The highest BCUT2D eigenvalue weighted by Crippen LogP contribution is 2.16. The van der Waals surface area contributed by atoms with E-state index in [0.717, 1.165) is 56.4 Å². The highest BCUT2D eigenvalue weighted by atomic mass is 16.2. The largest absolute Gasteiger partial charge is 0.353 e. The number of nitrogens with one attached hydrogen (secondary N) is 2. The summed E-state index contributed by atoms with van der Waals surface area (Å²) in [4.78, 5) is 40.6. The molecule has 7 heteroatoms. The predicted molar refractivity (Wildman–Crippen MR) is 113 cm³/mol. The van der Waals surface area contributed by atoms with Gasteiger partial charge in [0.05, 0.1) is 0 Å². The molecule has 0 bridgehead atoms. The van der Waals surface area contributed by atoms with Gasteiger partial charge in [0.25, 0.3) is 0 Å². The van der Waals surface area contributed by atoms with Crippen molar-refractivity contribution in [1.82, 2.24) is 15.1 Å². The molecule has 0 atom stereocenters. The van der Waals surface area contributed by atoms with Crippen LogP contribution in [0.2, 0.25) is 0 Å². The van der Waals surface area contributed by atoms with Crippen LogP contribution in [0.3, 0.4) is 0 Å². The third kappa shape index (κ3) is 6.21. The first kappa shape index (κ1) is 21.1. The van der Waals surface area contributed by atoms with Gasteiger partial charge < -0.3 is 20.4 Å². The third-order valence-corrected chi connectivity index (χ3v) is 5.71. The molecular weight excluding hydrogens is 368 g/mol. The number of nitrogens with zero attached hydrogens (tertiary/aromatic N) is 2. The summed E-state index contributed by atoms with van der Waals surface area (Å²) in [6, 6.07) is 7.96. The van der Waals surface area contributed by atoms with Crippen LogP contribution in [-0.4, -0.2) is 59.9 Å². The Morgan fingerprint density at radius 1 is 0.966 bits per heavy atom. The first-order chi connectivity index (χ1) is 14.0. The smallest absolute Gasteiger partial charge is 0.319 e. The molecule has 0 radical (unpaired) electrons. The monoisotopic (exact) mass is 400 g/mol. The van der Waals surface area contributed by atoms with Crippen LogP contribution in [-0.2, 0) is 16.0 Å². The highest BCUT2D eigenvalue weighted by molar-refractivity contribution is 5.93. The van der Waals surface area contributed by atoms with Crippen molar-refractivity contribution in [1.29, 1.82) is 0 Å². The van der Waals surface area contributed by atoms with E-state index >= 15 is 0 Å². The molecule has 4 amide bonds. The van der Waals surface area contributed by atoms with E-state index in [4.69, 9.17) is 0 Å². The van der Waals surface area contributed by atoms with Gasteiger partial charge in [-0.3, -0.25) is 9.59 Å². The van der Waals surface area contributed by atoms with Crippen LogP contribution in [0.25, 0.3) is 0 Å². The molecular formula is C22H32N4O3. The van der Waals surface area contributed by atoms with E-state index in [9.17, 15) is 14.4 Å². The predicted octanol–water partition coefficient (Wildman–Crippen LogP) is 2.76. The number of urea groups is 1. The molecule has 2 aliphatic rings. The molecule has 1 aromatic rings. The SMILES string of the molecule is CCc1cccc(NC(=O)CCC(=O)NC2CCN(C(=O)N3CCCC3)CC2)c1. The molecule has 0 spiro atoms. The van der Waals surface area contributed by atoms with E-state index in [1.165, 1.54) is 0 Å². The van der Waals surface area contributed by atoms with Crippen LogP contribution in [0.4, 0.5) is 10.5 Å². The van der Waals surface area contributed by atoms with Crippen molar-refractivity contribution in [2.75, 3.05) is 31.5 Å². The number of anilines is 1. The van der Waals surface area contributed by atoms with Gasteiger partial charge in [0.15, 0.2) is 0 Å². The van der Waals surface area contributed by atoms with E-state index in [2.05, 4.69) is 17.6 Å². The Hall–Kier alpha value is -2.57. The summed E-state index contributed by atoms with van der Waals surface area (Å²) in [6.45, 7) is 5.14. The maximum Gasteiger partial charge on any atom is 0.319 e. The molecule has 0 aromatic heterocycles. The lowest BCUT2D eigenvalue weighted by atomic mass is 10.0. The summed E-state index contributed by atoms with van der Waals surface area (Å²) >= 11 is 0. The van der Waals surface area contributed by atoms with Gasteiger partial charge in [-0.1, -0.05) is 19.1 Å². The number of benzene rings is 1. The Morgan fingerprint density at radius 2 is 1.62 bits per heavy atom. The summed E-state index contributed by atoms with van der Waals surface area (Å²) in [5.74, 6) is -0.258. The fraction of sp³-hybridized carbons (Fsp3) is 0.591. The molecule has 1 aromatic carbocycles. The second-order valence-corrected chi connectivity index (χ2v) is 7.91. The molecule has 2 saturated heterocycles. The fourth-order valence-electron chi connectivity index (χ4n) is 3.94. The maximum atomic E-state index is 12.4. The summed E-state index contributed by atoms with van der Waals surface area (Å²) in [7, 11) is 0. The van der Waals surface area contributed by atoms with Crippen molar-refractivity contribution >= 4 is 23.5 Å². The average molecular weight is 401 g/mol. The van der Waals surface area contributed by atoms with E-state index in [-0.39, 0.29) is 36.7 Å². The van der Waals surface area contributed by atoms with Gasteiger partial charge >= 0.3 is 6.03 Å². The van der Waals surface area contributed by atoms with Crippen molar-refractivity contribution in [3.05, 3.63) is 29.8 Å². The fourth-order valence-corrected chi connectivity index (χ4v) is 3.94. The number of likely N-dealkylation sites (tertiary alicyclic amines) is 2. The lowest BCUT2D eigenvalue weighted by molar-refractivity contribution is -0.125. The molecule has 2 fully saturated rings. The minimum atomic E-state index is -0.153. The van der Waals surface area contributed by atoms with Crippen molar-refractivity contribution in [3.63, 3.8) is 0 Å².